The monoisotopic (exact) mass is 388 g/mol. The Labute approximate surface area is 165 Å². The molecule has 152 valence electrons. The van der Waals surface area contributed by atoms with Gasteiger partial charge in [-0.3, -0.25) is 0 Å². The van der Waals surface area contributed by atoms with Gasteiger partial charge in [-0.25, -0.2) is 9.59 Å². The number of hydrogen-bond donors (Lipinski definition) is 1. The highest BCUT2D eigenvalue weighted by Crippen LogP contribution is 2.42. The first-order valence-electron chi connectivity index (χ1n) is 9.38. The van der Waals surface area contributed by atoms with Crippen molar-refractivity contribution in [2.24, 2.45) is 5.41 Å². The van der Waals surface area contributed by atoms with Crippen LogP contribution in [0.5, 0.6) is 0 Å². The summed E-state index contributed by atoms with van der Waals surface area (Å²) in [6.07, 6.45) is 1.70. The fourth-order valence-corrected chi connectivity index (χ4v) is 3.81. The molecule has 2 aromatic rings. The Morgan fingerprint density at radius 1 is 1.29 bits per heavy atom. The van der Waals surface area contributed by atoms with E-state index in [2.05, 4.69) is 19.2 Å². The Balaban J connectivity index is 1.70. The highest BCUT2D eigenvalue weighted by molar-refractivity contribution is 5.90. The molecular formula is C21H28N2O5. The maximum absolute atomic E-state index is 12.8. The number of carbonyl (C=O) groups is 2. The Kier molecular flexibility index (Phi) is 5.28. The second-order valence-corrected chi connectivity index (χ2v) is 8.31. The van der Waals surface area contributed by atoms with E-state index >= 15 is 0 Å². The van der Waals surface area contributed by atoms with Crippen LogP contribution in [0.1, 0.15) is 65.3 Å². The van der Waals surface area contributed by atoms with E-state index in [0.29, 0.717) is 17.1 Å². The van der Waals surface area contributed by atoms with Crippen LogP contribution < -0.4 is 5.32 Å². The number of fused-ring (bicyclic) bond motifs is 1. The molecule has 2 aromatic heterocycles. The molecule has 7 heteroatoms. The summed E-state index contributed by atoms with van der Waals surface area (Å²) < 4.78 is 16.2. The Morgan fingerprint density at radius 2 is 2.00 bits per heavy atom. The fraction of sp³-hybridized carbons (Fsp3) is 0.524. The molecule has 2 heterocycles. The van der Waals surface area contributed by atoms with Gasteiger partial charge in [0.25, 0.3) is 0 Å². The van der Waals surface area contributed by atoms with Crippen molar-refractivity contribution in [3.63, 3.8) is 0 Å². The first-order valence-corrected chi connectivity index (χ1v) is 9.38. The molecule has 1 atom stereocenters. The van der Waals surface area contributed by atoms with E-state index in [9.17, 15) is 9.59 Å². The first-order chi connectivity index (χ1) is 13.1. The van der Waals surface area contributed by atoms with Gasteiger partial charge in [-0.05, 0) is 37.8 Å². The van der Waals surface area contributed by atoms with Crippen molar-refractivity contribution in [2.75, 3.05) is 14.2 Å². The third-order valence-electron chi connectivity index (χ3n) is 5.15. The third-order valence-corrected chi connectivity index (χ3v) is 5.15. The number of esters is 1. The van der Waals surface area contributed by atoms with Crippen molar-refractivity contribution in [1.29, 1.82) is 0 Å². The molecule has 1 aliphatic carbocycles. The van der Waals surface area contributed by atoms with Crippen molar-refractivity contribution in [3.05, 3.63) is 46.3 Å². The second-order valence-electron chi connectivity index (χ2n) is 8.31. The summed E-state index contributed by atoms with van der Waals surface area (Å²) in [6.45, 7) is 8.22. The van der Waals surface area contributed by atoms with Gasteiger partial charge in [0.2, 0.25) is 0 Å². The first kappa shape index (κ1) is 20.0. The van der Waals surface area contributed by atoms with E-state index in [0.717, 1.165) is 29.9 Å². The smallest absolute Gasteiger partial charge is 0.341 e. The van der Waals surface area contributed by atoms with E-state index in [-0.39, 0.29) is 24.0 Å². The number of methoxy groups -OCH3 is 1. The zero-order valence-corrected chi connectivity index (χ0v) is 17.3. The lowest BCUT2D eigenvalue weighted by molar-refractivity contribution is 0.0598. The van der Waals surface area contributed by atoms with Crippen LogP contribution in [0, 0.1) is 19.3 Å². The second kappa shape index (κ2) is 7.37. The van der Waals surface area contributed by atoms with Crippen molar-refractivity contribution in [2.45, 2.75) is 53.1 Å². The standard InChI is InChI=1S/C21H28N2O5/c1-12-7-16-17(9-21(3,4)10-18(16)27-12)22-20(25)23(5)11-14-8-15(13(2)28-14)19(24)26-6/h7-8,17H,9-11H2,1-6H3,(H,22,25). The van der Waals surface area contributed by atoms with Crippen LogP contribution in [0.25, 0.3) is 0 Å². The molecular weight excluding hydrogens is 360 g/mol. The number of hydrogen-bond acceptors (Lipinski definition) is 5. The zero-order chi connectivity index (χ0) is 20.6. The average molecular weight is 388 g/mol. The lowest BCUT2D eigenvalue weighted by Gasteiger charge is -2.35. The number of amides is 2. The number of nitrogens with zero attached hydrogens (tertiary/aromatic N) is 1. The SMILES string of the molecule is COC(=O)c1cc(CN(C)C(=O)NC2CC(C)(C)Cc3oc(C)cc32)oc1C. The van der Waals surface area contributed by atoms with Gasteiger partial charge in [0, 0.05) is 19.0 Å². The van der Waals surface area contributed by atoms with Gasteiger partial charge >= 0.3 is 12.0 Å². The summed E-state index contributed by atoms with van der Waals surface area (Å²) in [5, 5.41) is 3.11. The van der Waals surface area contributed by atoms with Gasteiger partial charge in [0.05, 0.1) is 19.7 Å². The minimum Gasteiger partial charge on any atom is -0.466 e. The van der Waals surface area contributed by atoms with Crippen LogP contribution in [0.3, 0.4) is 0 Å². The summed E-state index contributed by atoms with van der Waals surface area (Å²) in [5.41, 5.74) is 1.47. The van der Waals surface area contributed by atoms with Gasteiger partial charge in [-0.2, -0.15) is 0 Å². The number of urea groups is 1. The largest absolute Gasteiger partial charge is 0.466 e. The molecule has 0 bridgehead atoms. The minimum atomic E-state index is -0.452. The Hall–Kier alpha value is -2.70. The van der Waals surface area contributed by atoms with E-state index < -0.39 is 5.97 Å². The Morgan fingerprint density at radius 3 is 2.68 bits per heavy atom. The molecule has 3 rings (SSSR count). The van der Waals surface area contributed by atoms with Crippen LogP contribution in [-0.2, 0) is 17.7 Å². The minimum absolute atomic E-state index is 0.0430. The average Bonchev–Trinajstić information content (AvgIpc) is 3.14. The van der Waals surface area contributed by atoms with Gasteiger partial charge in [0.15, 0.2) is 0 Å². The molecule has 0 radical (unpaired) electrons. The third kappa shape index (κ3) is 4.08. The number of rotatable bonds is 4. The number of furan rings is 2. The van der Waals surface area contributed by atoms with Crippen molar-refractivity contribution in [3.8, 4) is 0 Å². The van der Waals surface area contributed by atoms with Crippen LogP contribution in [0.15, 0.2) is 21.0 Å². The topological polar surface area (TPSA) is 84.9 Å². The molecule has 0 aromatic carbocycles. The van der Waals surface area contributed by atoms with Crippen LogP contribution >= 0.6 is 0 Å². The highest BCUT2D eigenvalue weighted by atomic mass is 16.5. The number of nitrogens with one attached hydrogen (secondary N) is 1. The number of carbonyl (C=O) groups excluding carboxylic acids is 2. The van der Waals surface area contributed by atoms with E-state index in [1.807, 2.05) is 13.0 Å². The van der Waals surface area contributed by atoms with Gasteiger partial charge in [0.1, 0.15) is 28.6 Å². The quantitative estimate of drug-likeness (QED) is 0.796. The Bertz CT molecular complexity index is 893. The summed E-state index contributed by atoms with van der Waals surface area (Å²) >= 11 is 0. The van der Waals surface area contributed by atoms with Gasteiger partial charge in [-0.15, -0.1) is 0 Å². The maximum Gasteiger partial charge on any atom is 0.341 e. The lowest BCUT2D eigenvalue weighted by Crippen LogP contribution is -2.42. The molecule has 1 aliphatic rings. The molecule has 0 saturated carbocycles. The van der Waals surface area contributed by atoms with Crippen LogP contribution in [-0.4, -0.2) is 31.1 Å². The predicted octanol–water partition coefficient (Wildman–Crippen LogP) is 4.13. The summed E-state index contributed by atoms with van der Waals surface area (Å²) in [7, 11) is 3.02. The molecule has 0 fully saturated rings. The molecule has 7 nitrogen and oxygen atoms in total. The summed E-state index contributed by atoms with van der Waals surface area (Å²) in [5.74, 6) is 2.36. The maximum atomic E-state index is 12.8. The molecule has 28 heavy (non-hydrogen) atoms. The molecule has 0 saturated heterocycles. The van der Waals surface area contributed by atoms with Crippen molar-refractivity contribution < 1.29 is 23.2 Å². The normalized spacial score (nSPS) is 17.7. The van der Waals surface area contributed by atoms with E-state index in [1.54, 1.807) is 20.0 Å². The van der Waals surface area contributed by atoms with Crippen LogP contribution in [0.4, 0.5) is 4.79 Å². The molecule has 1 N–H and O–H groups in total. The van der Waals surface area contributed by atoms with E-state index in [1.165, 1.54) is 12.0 Å². The predicted molar refractivity (Wildman–Crippen MR) is 103 cm³/mol. The molecule has 0 spiro atoms. The van der Waals surface area contributed by atoms with Gasteiger partial charge < -0.3 is 23.8 Å². The molecule has 1 unspecified atom stereocenters. The summed E-state index contributed by atoms with van der Waals surface area (Å²) in [6, 6.07) is 3.32. The fourth-order valence-electron chi connectivity index (χ4n) is 3.81. The van der Waals surface area contributed by atoms with E-state index in [4.69, 9.17) is 13.6 Å². The van der Waals surface area contributed by atoms with Crippen molar-refractivity contribution >= 4 is 12.0 Å². The summed E-state index contributed by atoms with van der Waals surface area (Å²) in [4.78, 5) is 26.0. The molecule has 0 aliphatic heterocycles. The highest BCUT2D eigenvalue weighted by Gasteiger charge is 2.36. The zero-order valence-electron chi connectivity index (χ0n) is 17.3. The number of aryl methyl sites for hydroxylation is 2. The molecule has 2 amide bonds. The van der Waals surface area contributed by atoms with Crippen LogP contribution in [0.2, 0.25) is 0 Å². The van der Waals surface area contributed by atoms with Gasteiger partial charge in [-0.1, -0.05) is 13.8 Å². The number of ether oxygens (including phenoxy) is 1. The lowest BCUT2D eigenvalue weighted by atomic mass is 9.75. The van der Waals surface area contributed by atoms with Crippen molar-refractivity contribution in [1.82, 2.24) is 10.2 Å².